The molecule has 2 heterocycles. The van der Waals surface area contributed by atoms with E-state index in [0.29, 0.717) is 6.79 Å². The van der Waals surface area contributed by atoms with E-state index in [1.807, 2.05) is 17.4 Å². The minimum Gasteiger partial charge on any atom is -0.454 e. The molecule has 0 saturated carbocycles. The number of hydrogen-bond acceptors (Lipinski definition) is 3. The van der Waals surface area contributed by atoms with E-state index < -0.39 is 0 Å². The molecule has 0 spiro atoms. The molecular formula is C15H16O2S. The van der Waals surface area contributed by atoms with E-state index in [0.717, 1.165) is 11.5 Å². The van der Waals surface area contributed by atoms with Gasteiger partial charge in [-0.25, -0.2) is 0 Å². The van der Waals surface area contributed by atoms with Crippen LogP contribution >= 0.6 is 11.3 Å². The van der Waals surface area contributed by atoms with Gasteiger partial charge >= 0.3 is 0 Å². The van der Waals surface area contributed by atoms with Crippen molar-refractivity contribution in [1.29, 1.82) is 0 Å². The standard InChI is InChI=1S/C15H16O2S/c1-15(2,3)14-7-6-13(18-14)10-4-5-11-12(8-10)17-9-16-11/h4-8H,9H2,1-3H3. The van der Waals surface area contributed by atoms with Crippen LogP contribution in [-0.4, -0.2) is 6.79 Å². The molecular weight excluding hydrogens is 244 g/mol. The summed E-state index contributed by atoms with van der Waals surface area (Å²) >= 11 is 1.84. The van der Waals surface area contributed by atoms with Crippen molar-refractivity contribution in [2.45, 2.75) is 26.2 Å². The summed E-state index contributed by atoms with van der Waals surface area (Å²) < 4.78 is 10.7. The van der Waals surface area contributed by atoms with E-state index >= 15 is 0 Å². The molecule has 2 aromatic rings. The Labute approximate surface area is 111 Å². The van der Waals surface area contributed by atoms with Gasteiger partial charge in [0.1, 0.15) is 0 Å². The molecule has 3 heteroatoms. The van der Waals surface area contributed by atoms with Gasteiger partial charge < -0.3 is 9.47 Å². The minimum atomic E-state index is 0.208. The van der Waals surface area contributed by atoms with Gasteiger partial charge in [-0.3, -0.25) is 0 Å². The molecule has 3 rings (SSSR count). The number of fused-ring (bicyclic) bond motifs is 1. The summed E-state index contributed by atoms with van der Waals surface area (Å²) in [5, 5.41) is 0. The van der Waals surface area contributed by atoms with Gasteiger partial charge in [-0.1, -0.05) is 20.8 Å². The molecule has 0 N–H and O–H groups in total. The summed E-state index contributed by atoms with van der Waals surface area (Å²) in [6, 6.07) is 10.5. The van der Waals surface area contributed by atoms with Gasteiger partial charge in [0.25, 0.3) is 0 Å². The van der Waals surface area contributed by atoms with Crippen molar-refractivity contribution in [3.8, 4) is 21.9 Å². The Morgan fingerprint density at radius 2 is 1.78 bits per heavy atom. The van der Waals surface area contributed by atoms with Crippen LogP contribution in [0.3, 0.4) is 0 Å². The van der Waals surface area contributed by atoms with Crippen LogP contribution in [0, 0.1) is 0 Å². The maximum absolute atomic E-state index is 5.42. The van der Waals surface area contributed by atoms with Crippen LogP contribution in [-0.2, 0) is 5.41 Å². The molecule has 0 radical (unpaired) electrons. The number of benzene rings is 1. The van der Waals surface area contributed by atoms with E-state index in [1.54, 1.807) is 0 Å². The SMILES string of the molecule is CC(C)(C)c1ccc(-c2ccc3c(c2)OCO3)s1. The van der Waals surface area contributed by atoms with Crippen LogP contribution in [0.2, 0.25) is 0 Å². The van der Waals surface area contributed by atoms with Crippen LogP contribution in [0.4, 0.5) is 0 Å². The van der Waals surface area contributed by atoms with Crippen LogP contribution < -0.4 is 9.47 Å². The average molecular weight is 260 g/mol. The first-order valence-corrected chi connectivity index (χ1v) is 6.86. The Morgan fingerprint density at radius 1 is 1.00 bits per heavy atom. The first kappa shape index (κ1) is 11.6. The third-order valence-electron chi connectivity index (χ3n) is 3.00. The zero-order valence-electron chi connectivity index (χ0n) is 10.8. The number of rotatable bonds is 1. The highest BCUT2D eigenvalue weighted by molar-refractivity contribution is 7.15. The Bertz CT molecular complexity index is 578. The van der Waals surface area contributed by atoms with Crippen molar-refractivity contribution < 1.29 is 9.47 Å². The molecule has 2 nitrogen and oxygen atoms in total. The molecule has 1 aromatic carbocycles. The van der Waals surface area contributed by atoms with Crippen LogP contribution in [0.5, 0.6) is 11.5 Å². The maximum atomic E-state index is 5.42. The second-order valence-corrected chi connectivity index (χ2v) is 6.57. The highest BCUT2D eigenvalue weighted by atomic mass is 32.1. The number of thiophene rings is 1. The fraction of sp³-hybridized carbons (Fsp3) is 0.333. The summed E-state index contributed by atoms with van der Waals surface area (Å²) in [7, 11) is 0. The summed E-state index contributed by atoms with van der Waals surface area (Å²) in [6.45, 7) is 7.04. The quantitative estimate of drug-likeness (QED) is 0.754. The molecule has 0 bridgehead atoms. The van der Waals surface area contributed by atoms with Crippen LogP contribution in [0.25, 0.3) is 10.4 Å². The Hall–Kier alpha value is -1.48. The molecule has 0 fully saturated rings. The molecule has 0 amide bonds. The largest absolute Gasteiger partial charge is 0.454 e. The Morgan fingerprint density at radius 3 is 2.50 bits per heavy atom. The zero-order valence-corrected chi connectivity index (χ0v) is 11.6. The second-order valence-electron chi connectivity index (χ2n) is 5.48. The highest BCUT2D eigenvalue weighted by Gasteiger charge is 2.18. The molecule has 18 heavy (non-hydrogen) atoms. The van der Waals surface area contributed by atoms with Crippen molar-refractivity contribution in [3.63, 3.8) is 0 Å². The third-order valence-corrected chi connectivity index (χ3v) is 4.56. The van der Waals surface area contributed by atoms with Crippen LogP contribution in [0.1, 0.15) is 25.6 Å². The van der Waals surface area contributed by atoms with Crippen molar-refractivity contribution in [2.24, 2.45) is 0 Å². The zero-order chi connectivity index (χ0) is 12.8. The Kier molecular flexibility index (Phi) is 2.59. The lowest BCUT2D eigenvalue weighted by molar-refractivity contribution is 0.174. The third kappa shape index (κ3) is 1.99. The smallest absolute Gasteiger partial charge is 0.231 e. The van der Waals surface area contributed by atoms with E-state index in [-0.39, 0.29) is 5.41 Å². The normalized spacial score (nSPS) is 13.9. The first-order valence-electron chi connectivity index (χ1n) is 6.04. The van der Waals surface area contributed by atoms with Gasteiger partial charge in [0.15, 0.2) is 11.5 Å². The molecule has 1 aromatic heterocycles. The molecule has 94 valence electrons. The summed E-state index contributed by atoms with van der Waals surface area (Å²) in [5.74, 6) is 1.68. The van der Waals surface area contributed by atoms with Gasteiger partial charge in [0.05, 0.1) is 0 Å². The van der Waals surface area contributed by atoms with Gasteiger partial charge in [0, 0.05) is 9.75 Å². The molecule has 0 atom stereocenters. The number of hydrogen-bond donors (Lipinski definition) is 0. The monoisotopic (exact) mass is 260 g/mol. The second kappa shape index (κ2) is 4.02. The van der Waals surface area contributed by atoms with Gasteiger partial charge in [-0.15, -0.1) is 11.3 Å². The summed E-state index contributed by atoms with van der Waals surface area (Å²) in [4.78, 5) is 2.67. The molecule has 0 saturated heterocycles. The minimum absolute atomic E-state index is 0.208. The van der Waals surface area contributed by atoms with E-state index in [2.05, 4.69) is 45.0 Å². The van der Waals surface area contributed by atoms with E-state index in [1.165, 1.54) is 15.3 Å². The van der Waals surface area contributed by atoms with Crippen molar-refractivity contribution in [2.75, 3.05) is 6.79 Å². The van der Waals surface area contributed by atoms with Crippen molar-refractivity contribution in [1.82, 2.24) is 0 Å². The molecule has 1 aliphatic rings. The lowest BCUT2D eigenvalue weighted by Crippen LogP contribution is -2.07. The van der Waals surface area contributed by atoms with Gasteiger partial charge in [-0.05, 0) is 41.3 Å². The lowest BCUT2D eigenvalue weighted by Gasteiger charge is -2.15. The lowest BCUT2D eigenvalue weighted by atomic mass is 9.95. The predicted molar refractivity (Wildman–Crippen MR) is 74.6 cm³/mol. The fourth-order valence-corrected chi connectivity index (χ4v) is 3.01. The first-order chi connectivity index (χ1) is 8.54. The fourth-order valence-electron chi connectivity index (χ4n) is 1.95. The number of ether oxygens (including phenoxy) is 2. The molecule has 0 aliphatic carbocycles. The predicted octanol–water partition coefficient (Wildman–Crippen LogP) is 4.44. The van der Waals surface area contributed by atoms with E-state index in [4.69, 9.17) is 9.47 Å². The summed E-state index contributed by atoms with van der Waals surface area (Å²) in [6.07, 6.45) is 0. The van der Waals surface area contributed by atoms with E-state index in [9.17, 15) is 0 Å². The molecule has 0 unspecified atom stereocenters. The highest BCUT2D eigenvalue weighted by Crippen LogP contribution is 2.39. The maximum Gasteiger partial charge on any atom is 0.231 e. The topological polar surface area (TPSA) is 18.5 Å². The van der Waals surface area contributed by atoms with Gasteiger partial charge in [0.2, 0.25) is 6.79 Å². The summed E-state index contributed by atoms with van der Waals surface area (Å²) in [5.41, 5.74) is 1.40. The average Bonchev–Trinajstić information content (AvgIpc) is 2.96. The van der Waals surface area contributed by atoms with Gasteiger partial charge in [-0.2, -0.15) is 0 Å². The molecule has 1 aliphatic heterocycles. The van der Waals surface area contributed by atoms with Crippen molar-refractivity contribution >= 4 is 11.3 Å². The van der Waals surface area contributed by atoms with Crippen LogP contribution in [0.15, 0.2) is 30.3 Å². The van der Waals surface area contributed by atoms with Crippen molar-refractivity contribution in [3.05, 3.63) is 35.2 Å². The Balaban J connectivity index is 1.98.